The van der Waals surface area contributed by atoms with Gasteiger partial charge < -0.3 is 5.11 Å². The van der Waals surface area contributed by atoms with Crippen LogP contribution >= 0.6 is 11.6 Å². The zero-order valence-corrected chi connectivity index (χ0v) is 8.66. The third kappa shape index (κ3) is 3.50. The quantitative estimate of drug-likeness (QED) is 0.771. The number of hydrogen-bond donors (Lipinski definition) is 1. The largest absolute Gasteiger partial charge is 0.418 e. The highest BCUT2D eigenvalue weighted by molar-refractivity contribution is 6.30. The first-order chi connectivity index (χ1) is 7.51. The van der Waals surface area contributed by atoms with Crippen LogP contribution in [0.3, 0.4) is 0 Å². The van der Waals surface area contributed by atoms with E-state index in [-0.39, 0.29) is 6.07 Å². The molecule has 0 aliphatic carbocycles. The smallest absolute Gasteiger partial charge is 0.379 e. The Labute approximate surface area is 96.6 Å². The predicted molar refractivity (Wildman–Crippen MR) is 47.5 cm³/mol. The SMILES string of the molecule is O[C@H](c1cc(Cl)cc(C(F)(F)F)c1)C(F)(F)F. The summed E-state index contributed by atoms with van der Waals surface area (Å²) in [6.45, 7) is 0. The zero-order chi connectivity index (χ0) is 13.4. The van der Waals surface area contributed by atoms with Crippen molar-refractivity contribution in [3.05, 3.63) is 34.3 Å². The highest BCUT2D eigenvalue weighted by Crippen LogP contribution is 2.37. The summed E-state index contributed by atoms with van der Waals surface area (Å²) in [4.78, 5) is 0. The molecule has 0 radical (unpaired) electrons. The molecule has 1 aromatic rings. The van der Waals surface area contributed by atoms with Crippen LogP contribution in [0.25, 0.3) is 0 Å². The van der Waals surface area contributed by atoms with Crippen LogP contribution in [0.15, 0.2) is 18.2 Å². The van der Waals surface area contributed by atoms with Crippen molar-refractivity contribution in [3.63, 3.8) is 0 Å². The van der Waals surface area contributed by atoms with Crippen LogP contribution in [0.5, 0.6) is 0 Å². The summed E-state index contributed by atoms with van der Waals surface area (Å²) in [6.07, 6.45) is -12.9. The van der Waals surface area contributed by atoms with Crippen molar-refractivity contribution in [3.8, 4) is 0 Å². The lowest BCUT2D eigenvalue weighted by Crippen LogP contribution is -2.20. The summed E-state index contributed by atoms with van der Waals surface area (Å²) in [7, 11) is 0. The first-order valence-corrected chi connectivity index (χ1v) is 4.52. The second kappa shape index (κ2) is 4.38. The summed E-state index contributed by atoms with van der Waals surface area (Å²) in [5.41, 5.74) is -2.29. The number of benzene rings is 1. The van der Waals surface area contributed by atoms with Gasteiger partial charge in [0.1, 0.15) is 0 Å². The lowest BCUT2D eigenvalue weighted by molar-refractivity contribution is -0.207. The van der Waals surface area contributed by atoms with E-state index in [1.807, 2.05) is 0 Å². The number of aliphatic hydroxyl groups is 1. The Morgan fingerprint density at radius 2 is 1.53 bits per heavy atom. The molecule has 0 bridgehead atoms. The maximum absolute atomic E-state index is 12.3. The van der Waals surface area contributed by atoms with Gasteiger partial charge in [-0.1, -0.05) is 11.6 Å². The fraction of sp³-hybridized carbons (Fsp3) is 0.333. The molecular weight excluding hydrogens is 274 g/mol. The first-order valence-electron chi connectivity index (χ1n) is 4.14. The van der Waals surface area contributed by atoms with Crippen LogP contribution < -0.4 is 0 Å². The van der Waals surface area contributed by atoms with E-state index in [2.05, 4.69) is 0 Å². The number of halogens is 7. The molecule has 0 fully saturated rings. The first kappa shape index (κ1) is 14.1. The van der Waals surface area contributed by atoms with Gasteiger partial charge in [0.05, 0.1) is 5.56 Å². The van der Waals surface area contributed by atoms with E-state index in [4.69, 9.17) is 16.7 Å². The molecule has 0 aliphatic heterocycles. The van der Waals surface area contributed by atoms with Crippen molar-refractivity contribution in [2.75, 3.05) is 0 Å². The Kier molecular flexibility index (Phi) is 3.63. The monoisotopic (exact) mass is 278 g/mol. The third-order valence-corrected chi connectivity index (χ3v) is 2.09. The Morgan fingerprint density at radius 3 is 1.94 bits per heavy atom. The molecule has 96 valence electrons. The van der Waals surface area contributed by atoms with Gasteiger partial charge in [0.25, 0.3) is 0 Å². The molecule has 1 N–H and O–H groups in total. The van der Waals surface area contributed by atoms with Crippen molar-refractivity contribution in [2.45, 2.75) is 18.5 Å². The summed E-state index contributed by atoms with van der Waals surface area (Å²) < 4.78 is 73.2. The van der Waals surface area contributed by atoms with E-state index in [1.54, 1.807) is 0 Å². The second-order valence-corrected chi connectivity index (χ2v) is 3.65. The fourth-order valence-corrected chi connectivity index (χ4v) is 1.37. The second-order valence-electron chi connectivity index (χ2n) is 3.22. The van der Waals surface area contributed by atoms with E-state index >= 15 is 0 Å². The molecule has 0 saturated heterocycles. The Bertz CT molecular complexity index is 411. The average molecular weight is 279 g/mol. The third-order valence-electron chi connectivity index (χ3n) is 1.87. The van der Waals surface area contributed by atoms with Gasteiger partial charge in [-0.15, -0.1) is 0 Å². The molecule has 0 amide bonds. The molecular formula is C9H5ClF6O. The summed E-state index contributed by atoms with van der Waals surface area (Å²) in [5.74, 6) is 0. The fourth-order valence-electron chi connectivity index (χ4n) is 1.12. The standard InChI is InChI=1S/C9H5ClF6O/c10-6-2-4(7(17)9(14,15)16)1-5(3-6)8(11,12)13/h1-3,7,17H/t7-/m1/s1. The normalized spacial score (nSPS) is 14.8. The molecule has 8 heteroatoms. The van der Waals surface area contributed by atoms with Gasteiger partial charge in [0, 0.05) is 5.02 Å². The van der Waals surface area contributed by atoms with Crippen molar-refractivity contribution >= 4 is 11.6 Å². The van der Waals surface area contributed by atoms with Crippen LogP contribution in [-0.2, 0) is 6.18 Å². The minimum absolute atomic E-state index is 0.212. The molecule has 1 atom stereocenters. The number of rotatable bonds is 1. The van der Waals surface area contributed by atoms with Crippen LogP contribution in [0.1, 0.15) is 17.2 Å². The summed E-state index contributed by atoms with van der Waals surface area (Å²) in [6, 6.07) is 1.33. The lowest BCUT2D eigenvalue weighted by atomic mass is 10.1. The van der Waals surface area contributed by atoms with E-state index in [9.17, 15) is 26.3 Å². The number of hydrogen-bond acceptors (Lipinski definition) is 1. The minimum atomic E-state index is -5.05. The van der Waals surface area contributed by atoms with Crippen LogP contribution in [0.2, 0.25) is 5.02 Å². The van der Waals surface area contributed by atoms with Gasteiger partial charge in [0.15, 0.2) is 6.10 Å². The zero-order valence-electron chi connectivity index (χ0n) is 7.90. The van der Waals surface area contributed by atoms with E-state index in [0.717, 1.165) is 0 Å². The van der Waals surface area contributed by atoms with E-state index in [0.29, 0.717) is 12.1 Å². The highest BCUT2D eigenvalue weighted by atomic mass is 35.5. The predicted octanol–water partition coefficient (Wildman–Crippen LogP) is 3.95. The number of aliphatic hydroxyl groups excluding tert-OH is 1. The minimum Gasteiger partial charge on any atom is -0.379 e. The van der Waals surface area contributed by atoms with E-state index in [1.165, 1.54) is 0 Å². The molecule has 17 heavy (non-hydrogen) atoms. The topological polar surface area (TPSA) is 20.2 Å². The molecule has 0 spiro atoms. The Balaban J connectivity index is 3.24. The maximum Gasteiger partial charge on any atom is 0.418 e. The van der Waals surface area contributed by atoms with Crippen LogP contribution in [-0.4, -0.2) is 11.3 Å². The van der Waals surface area contributed by atoms with Gasteiger partial charge in [0.2, 0.25) is 0 Å². The Morgan fingerprint density at radius 1 is 1.00 bits per heavy atom. The molecule has 0 aliphatic rings. The van der Waals surface area contributed by atoms with Gasteiger partial charge in [-0.05, 0) is 23.8 Å². The number of alkyl halides is 6. The average Bonchev–Trinajstić information content (AvgIpc) is 2.12. The molecule has 1 rings (SSSR count). The molecule has 1 aromatic carbocycles. The van der Waals surface area contributed by atoms with Gasteiger partial charge in [-0.2, -0.15) is 26.3 Å². The highest BCUT2D eigenvalue weighted by Gasteiger charge is 2.41. The van der Waals surface area contributed by atoms with Crippen molar-refractivity contribution in [1.82, 2.24) is 0 Å². The van der Waals surface area contributed by atoms with Crippen LogP contribution in [0, 0.1) is 0 Å². The van der Waals surface area contributed by atoms with Gasteiger partial charge >= 0.3 is 12.4 Å². The van der Waals surface area contributed by atoms with Gasteiger partial charge in [-0.3, -0.25) is 0 Å². The molecule has 1 nitrogen and oxygen atoms in total. The molecule has 0 unspecified atom stereocenters. The van der Waals surface area contributed by atoms with Crippen molar-refractivity contribution < 1.29 is 31.4 Å². The molecule has 0 aromatic heterocycles. The van der Waals surface area contributed by atoms with Gasteiger partial charge in [-0.25, -0.2) is 0 Å². The summed E-state index contributed by atoms with van der Waals surface area (Å²) >= 11 is 5.27. The lowest BCUT2D eigenvalue weighted by Gasteiger charge is -2.17. The Hall–Kier alpha value is -0.950. The summed E-state index contributed by atoms with van der Waals surface area (Å²) in [5, 5.41) is 8.29. The molecule has 0 heterocycles. The van der Waals surface area contributed by atoms with Crippen LogP contribution in [0.4, 0.5) is 26.3 Å². The van der Waals surface area contributed by atoms with Crippen molar-refractivity contribution in [2.24, 2.45) is 0 Å². The van der Waals surface area contributed by atoms with E-state index < -0.39 is 34.6 Å². The molecule has 0 saturated carbocycles. The maximum atomic E-state index is 12.3. The van der Waals surface area contributed by atoms with Crippen molar-refractivity contribution in [1.29, 1.82) is 0 Å².